The lowest BCUT2D eigenvalue weighted by Crippen LogP contribution is -2.08. The van der Waals surface area contributed by atoms with Crippen LogP contribution in [0.15, 0.2) is 4.99 Å². The third kappa shape index (κ3) is 1.61. The Morgan fingerprint density at radius 1 is 1.80 bits per heavy atom. The van der Waals surface area contributed by atoms with Crippen molar-refractivity contribution in [3.05, 3.63) is 0 Å². The third-order valence-electron chi connectivity index (χ3n) is 1.04. The Morgan fingerprint density at radius 2 is 2.50 bits per heavy atom. The van der Waals surface area contributed by atoms with Gasteiger partial charge in [-0.05, 0) is 0 Å². The van der Waals surface area contributed by atoms with Gasteiger partial charge >= 0.3 is 0 Å². The molecule has 1 aliphatic heterocycles. The van der Waals surface area contributed by atoms with E-state index in [2.05, 4.69) is 4.99 Å². The van der Waals surface area contributed by atoms with Crippen LogP contribution in [-0.4, -0.2) is 29.7 Å². The smallest absolute Gasteiger partial charge is 0.218 e. The first-order valence-electron chi connectivity index (χ1n) is 2.68. The fourth-order valence-electron chi connectivity index (χ4n) is 0.598. The maximum absolute atomic E-state index is 10.1. The first-order valence-corrected chi connectivity index (χ1v) is 3.55. The molecule has 0 aliphatic carbocycles. The number of nitrogens with zero attached hydrogens (tertiary/aromatic N) is 1. The van der Waals surface area contributed by atoms with Crippen molar-refractivity contribution < 1.29 is 9.53 Å². The molecule has 0 radical (unpaired) electrons. The van der Waals surface area contributed by atoms with Gasteiger partial charge in [0.25, 0.3) is 0 Å². The number of hydrogen-bond donors (Lipinski definition) is 0. The highest BCUT2D eigenvalue weighted by molar-refractivity contribution is 6.53. The maximum Gasteiger partial charge on any atom is 0.218 e. The summed E-state index contributed by atoms with van der Waals surface area (Å²) >= 11 is 10.8. The van der Waals surface area contributed by atoms with Crippen LogP contribution in [0.3, 0.4) is 0 Å². The van der Waals surface area contributed by atoms with Crippen LogP contribution in [0.5, 0.6) is 0 Å². The molecule has 1 heterocycles. The van der Waals surface area contributed by atoms with Gasteiger partial charge in [0.2, 0.25) is 5.90 Å². The van der Waals surface area contributed by atoms with E-state index in [0.29, 0.717) is 6.29 Å². The predicted molar refractivity (Wildman–Crippen MR) is 38.7 cm³/mol. The lowest BCUT2D eigenvalue weighted by molar-refractivity contribution is -0.109. The van der Waals surface area contributed by atoms with E-state index in [1.165, 1.54) is 0 Å². The molecule has 0 bridgehead atoms. The molecule has 0 N–H and O–H groups in total. The van der Waals surface area contributed by atoms with E-state index < -0.39 is 10.9 Å². The Kier molecular flexibility index (Phi) is 2.51. The molecular weight excluding hydrogens is 177 g/mol. The van der Waals surface area contributed by atoms with Crippen LogP contribution >= 0.6 is 23.2 Å². The van der Waals surface area contributed by atoms with Gasteiger partial charge in [-0.3, -0.25) is 0 Å². The predicted octanol–water partition coefficient (Wildman–Crippen LogP) is 0.786. The summed E-state index contributed by atoms with van der Waals surface area (Å²) in [5.74, 6) is 0.237. The number of aliphatic imine (C=N–C) groups is 1. The summed E-state index contributed by atoms with van der Waals surface area (Å²) in [5, 5.41) is 0. The molecule has 1 aliphatic rings. The van der Waals surface area contributed by atoms with Gasteiger partial charge in [-0.1, -0.05) is 23.2 Å². The first-order chi connectivity index (χ1) is 4.74. The standard InChI is InChI=1S/C5H5Cl2NO2/c6-4(7)5-8-3(1-9)2-10-5/h1,3-4H,2H2/t3-/m0/s1. The summed E-state index contributed by atoms with van der Waals surface area (Å²) in [4.78, 5) is 13.1. The van der Waals surface area contributed by atoms with Crippen LogP contribution in [0.4, 0.5) is 0 Å². The number of halogens is 2. The van der Waals surface area contributed by atoms with Crippen LogP contribution < -0.4 is 0 Å². The Hall–Kier alpha value is -0.280. The Labute approximate surface area is 68.0 Å². The van der Waals surface area contributed by atoms with Gasteiger partial charge in [0.1, 0.15) is 18.9 Å². The van der Waals surface area contributed by atoms with Crippen LogP contribution in [0, 0.1) is 0 Å². The van der Waals surface area contributed by atoms with E-state index in [9.17, 15) is 4.79 Å². The maximum atomic E-state index is 10.1. The van der Waals surface area contributed by atoms with Crippen LogP contribution in [0.2, 0.25) is 0 Å². The fraction of sp³-hybridized carbons (Fsp3) is 0.600. The number of aldehydes is 1. The minimum absolute atomic E-state index is 0.237. The second kappa shape index (κ2) is 3.21. The number of carbonyl (C=O) groups is 1. The van der Waals surface area contributed by atoms with E-state index in [4.69, 9.17) is 27.9 Å². The van der Waals surface area contributed by atoms with Gasteiger partial charge in [-0.2, -0.15) is 0 Å². The van der Waals surface area contributed by atoms with E-state index in [-0.39, 0.29) is 12.5 Å². The molecule has 0 spiro atoms. The first kappa shape index (κ1) is 7.82. The zero-order chi connectivity index (χ0) is 7.56. The molecule has 0 unspecified atom stereocenters. The van der Waals surface area contributed by atoms with Crippen molar-refractivity contribution in [1.29, 1.82) is 0 Å². The summed E-state index contributed by atoms with van der Waals surface area (Å²) in [6.45, 7) is 0.259. The molecule has 0 fully saturated rings. The normalized spacial score (nSPS) is 24.3. The molecule has 1 atom stereocenters. The van der Waals surface area contributed by atoms with Crippen LogP contribution in [0.1, 0.15) is 0 Å². The van der Waals surface area contributed by atoms with E-state index in [1.54, 1.807) is 0 Å². The van der Waals surface area contributed by atoms with Crippen molar-refractivity contribution in [2.45, 2.75) is 10.9 Å². The van der Waals surface area contributed by atoms with Gasteiger partial charge < -0.3 is 9.53 Å². The highest BCUT2D eigenvalue weighted by Crippen LogP contribution is 2.12. The average molecular weight is 182 g/mol. The lowest BCUT2D eigenvalue weighted by atomic mass is 10.4. The second-order valence-corrected chi connectivity index (χ2v) is 2.88. The van der Waals surface area contributed by atoms with E-state index >= 15 is 0 Å². The summed E-state index contributed by atoms with van der Waals surface area (Å²) in [5.41, 5.74) is 0. The largest absolute Gasteiger partial charge is 0.476 e. The fourth-order valence-corrected chi connectivity index (χ4v) is 0.836. The molecule has 0 aromatic carbocycles. The second-order valence-electron chi connectivity index (χ2n) is 1.78. The topological polar surface area (TPSA) is 38.7 Å². The summed E-state index contributed by atoms with van der Waals surface area (Å²) in [6, 6.07) is -0.421. The van der Waals surface area contributed by atoms with Gasteiger partial charge in [0.15, 0.2) is 4.84 Å². The molecule has 0 saturated carbocycles. The molecule has 0 aromatic rings. The molecule has 3 nitrogen and oxygen atoms in total. The summed E-state index contributed by atoms with van der Waals surface area (Å²) in [6.07, 6.45) is 0.698. The molecule has 1 rings (SSSR count). The quantitative estimate of drug-likeness (QED) is 0.467. The minimum Gasteiger partial charge on any atom is -0.476 e. The Morgan fingerprint density at radius 3 is 2.80 bits per heavy atom. The number of carbonyl (C=O) groups excluding carboxylic acids is 1. The monoisotopic (exact) mass is 181 g/mol. The summed E-state index contributed by atoms with van der Waals surface area (Å²) in [7, 11) is 0. The highest BCUT2D eigenvalue weighted by Gasteiger charge is 2.22. The van der Waals surface area contributed by atoms with Crippen LogP contribution in [0.25, 0.3) is 0 Å². The molecule has 5 heteroatoms. The highest BCUT2D eigenvalue weighted by atomic mass is 35.5. The number of ether oxygens (including phenoxy) is 1. The van der Waals surface area contributed by atoms with Gasteiger partial charge in [-0.15, -0.1) is 0 Å². The minimum atomic E-state index is -0.759. The van der Waals surface area contributed by atoms with E-state index in [0.717, 1.165) is 0 Å². The molecule has 0 saturated heterocycles. The number of hydrogen-bond acceptors (Lipinski definition) is 3. The van der Waals surface area contributed by atoms with Gasteiger partial charge in [-0.25, -0.2) is 4.99 Å². The zero-order valence-corrected chi connectivity index (χ0v) is 6.47. The van der Waals surface area contributed by atoms with Crippen molar-refractivity contribution in [3.63, 3.8) is 0 Å². The molecule has 0 amide bonds. The zero-order valence-electron chi connectivity index (χ0n) is 4.96. The average Bonchev–Trinajstić information content (AvgIpc) is 2.34. The van der Waals surface area contributed by atoms with Crippen LogP contribution in [-0.2, 0) is 9.53 Å². The Bertz CT molecular complexity index is 169. The van der Waals surface area contributed by atoms with Crippen molar-refractivity contribution in [3.8, 4) is 0 Å². The summed E-state index contributed by atoms with van der Waals surface area (Å²) < 4.78 is 4.87. The van der Waals surface area contributed by atoms with E-state index in [1.807, 2.05) is 0 Å². The number of rotatable bonds is 2. The van der Waals surface area contributed by atoms with Crippen molar-refractivity contribution in [2.24, 2.45) is 4.99 Å². The van der Waals surface area contributed by atoms with Gasteiger partial charge in [0, 0.05) is 0 Å². The van der Waals surface area contributed by atoms with Crippen molar-refractivity contribution in [2.75, 3.05) is 6.61 Å². The molecule has 10 heavy (non-hydrogen) atoms. The van der Waals surface area contributed by atoms with Gasteiger partial charge in [0.05, 0.1) is 0 Å². The Balaban J connectivity index is 2.56. The molecule has 0 aromatic heterocycles. The van der Waals surface area contributed by atoms with Crippen molar-refractivity contribution >= 4 is 35.4 Å². The molecular formula is C5H5Cl2NO2. The van der Waals surface area contributed by atoms with Crippen molar-refractivity contribution in [1.82, 2.24) is 0 Å². The third-order valence-corrected chi connectivity index (χ3v) is 1.41. The molecule has 56 valence electrons. The SMILES string of the molecule is O=C[C@H]1COC(C(Cl)Cl)=N1. The number of alkyl halides is 2. The lowest BCUT2D eigenvalue weighted by Gasteiger charge is -1.97.